The molecule has 1 fully saturated rings. The highest BCUT2D eigenvalue weighted by atomic mass is 35.5. The Bertz CT molecular complexity index is 1370. The number of ether oxygens (including phenoxy) is 2. The van der Waals surface area contributed by atoms with Gasteiger partial charge in [-0.1, -0.05) is 74.0 Å². The van der Waals surface area contributed by atoms with Gasteiger partial charge in [0.15, 0.2) is 6.10 Å². The normalized spacial score (nSPS) is 20.0. The van der Waals surface area contributed by atoms with Crippen molar-refractivity contribution in [3.8, 4) is 28.3 Å². The molecule has 0 bridgehead atoms. The average molecular weight is 523 g/mol. The molecule has 194 valence electrons. The molecule has 0 spiro atoms. The predicted molar refractivity (Wildman–Crippen MR) is 144 cm³/mol. The van der Waals surface area contributed by atoms with Crippen molar-refractivity contribution in [3.63, 3.8) is 0 Å². The van der Waals surface area contributed by atoms with E-state index in [2.05, 4.69) is 9.97 Å². The minimum Gasteiger partial charge on any atom is -0.456 e. The van der Waals surface area contributed by atoms with Crippen LogP contribution in [0.15, 0.2) is 60.7 Å². The van der Waals surface area contributed by atoms with E-state index in [0.29, 0.717) is 23.2 Å². The van der Waals surface area contributed by atoms with Crippen LogP contribution in [0.2, 0.25) is 5.02 Å². The fraction of sp³-hybridized carbons (Fsp3) is 0.345. The summed E-state index contributed by atoms with van der Waals surface area (Å²) in [6.07, 6.45) is -0.668. The van der Waals surface area contributed by atoms with Gasteiger partial charge in [0.25, 0.3) is 6.01 Å². The minimum atomic E-state index is -0.694. The minimum absolute atomic E-state index is 0.122. The van der Waals surface area contributed by atoms with Gasteiger partial charge in [0.2, 0.25) is 0 Å². The number of H-pyrrole nitrogens is 1. The van der Waals surface area contributed by atoms with Crippen molar-refractivity contribution in [3.05, 3.63) is 71.2 Å². The molecule has 2 heterocycles. The zero-order valence-electron chi connectivity index (χ0n) is 20.8. The number of nitrogens with one attached hydrogen (secondary N) is 1. The second-order valence-electron chi connectivity index (χ2n) is 9.85. The monoisotopic (exact) mass is 522 g/mol. The average Bonchev–Trinajstić information content (AvgIpc) is 3.49. The molecule has 1 aliphatic rings. The van der Waals surface area contributed by atoms with Crippen LogP contribution in [0.1, 0.15) is 25.8 Å². The van der Waals surface area contributed by atoms with Gasteiger partial charge < -0.3 is 29.8 Å². The van der Waals surface area contributed by atoms with Crippen LogP contribution in [0.4, 0.5) is 0 Å². The Morgan fingerprint density at radius 3 is 2.24 bits per heavy atom. The maximum absolute atomic E-state index is 10.4. The standard InChI is InChI=1S/C29H31ClN2O5/c1-3-25-27(35)26(14-36-25)37-28-31-23-12-21(22(30)13-24(23)32-28)19-6-4-17(5-7-19)18-8-10-20(11-9-18)29(2,15-33)16-34/h4-13,25-27,33-35H,3,14-16H2,1-2H3,(H,31,32)/t25-,26-,27-/m1/s1. The van der Waals surface area contributed by atoms with Gasteiger partial charge in [-0.25, -0.2) is 0 Å². The summed E-state index contributed by atoms with van der Waals surface area (Å²) in [5, 5.41) is 30.2. The van der Waals surface area contributed by atoms with Crippen LogP contribution in [0.3, 0.4) is 0 Å². The SMILES string of the molecule is CC[C@H]1OC[C@@H](Oc2nc3cc(-c4ccc(-c5ccc(C(C)(CO)CO)cc5)cc4)c(Cl)cc3[nH]2)[C@@H]1O. The molecule has 8 heteroatoms. The molecule has 0 saturated carbocycles. The van der Waals surface area contributed by atoms with E-state index in [-0.39, 0.29) is 19.3 Å². The lowest BCUT2D eigenvalue weighted by atomic mass is 9.83. The maximum atomic E-state index is 10.4. The van der Waals surface area contributed by atoms with Crippen molar-refractivity contribution >= 4 is 22.6 Å². The summed E-state index contributed by atoms with van der Waals surface area (Å²) in [5.74, 6) is 0. The second kappa shape index (κ2) is 10.4. The summed E-state index contributed by atoms with van der Waals surface area (Å²) in [6, 6.07) is 20.0. The molecular formula is C29H31ClN2O5. The number of aliphatic hydroxyl groups excluding tert-OH is 3. The third kappa shape index (κ3) is 4.98. The van der Waals surface area contributed by atoms with Crippen molar-refractivity contribution in [1.82, 2.24) is 9.97 Å². The number of halogens is 1. The first-order valence-corrected chi connectivity index (χ1v) is 12.8. The summed E-state index contributed by atoms with van der Waals surface area (Å²) < 4.78 is 11.5. The zero-order chi connectivity index (χ0) is 26.2. The van der Waals surface area contributed by atoms with Crippen LogP contribution in [0.5, 0.6) is 6.01 Å². The van der Waals surface area contributed by atoms with Crippen molar-refractivity contribution in [2.75, 3.05) is 19.8 Å². The number of imidazole rings is 1. The topological polar surface area (TPSA) is 108 Å². The first kappa shape index (κ1) is 25.7. The molecule has 1 saturated heterocycles. The fourth-order valence-corrected chi connectivity index (χ4v) is 4.96. The smallest absolute Gasteiger partial charge is 0.295 e. The maximum Gasteiger partial charge on any atom is 0.295 e. The fourth-order valence-electron chi connectivity index (χ4n) is 4.69. The molecule has 4 N–H and O–H groups in total. The van der Waals surface area contributed by atoms with Crippen molar-refractivity contribution in [2.24, 2.45) is 0 Å². The van der Waals surface area contributed by atoms with Gasteiger partial charge in [-0.3, -0.25) is 0 Å². The van der Waals surface area contributed by atoms with Crippen LogP contribution >= 0.6 is 11.6 Å². The third-order valence-electron chi connectivity index (χ3n) is 7.26. The number of aromatic nitrogens is 2. The predicted octanol–water partition coefficient (Wildman–Crippen LogP) is 4.71. The van der Waals surface area contributed by atoms with E-state index in [9.17, 15) is 15.3 Å². The van der Waals surface area contributed by atoms with E-state index in [1.54, 1.807) is 0 Å². The van der Waals surface area contributed by atoms with Crippen LogP contribution < -0.4 is 4.74 Å². The van der Waals surface area contributed by atoms with Crippen molar-refractivity contribution in [1.29, 1.82) is 0 Å². The third-order valence-corrected chi connectivity index (χ3v) is 7.57. The molecule has 0 aliphatic carbocycles. The van der Waals surface area contributed by atoms with Crippen molar-refractivity contribution in [2.45, 2.75) is 44.0 Å². The van der Waals surface area contributed by atoms with E-state index in [0.717, 1.165) is 39.8 Å². The Kier molecular flexibility index (Phi) is 7.25. The number of nitrogens with zero attached hydrogens (tertiary/aromatic N) is 1. The number of aliphatic hydroxyl groups is 3. The number of rotatable bonds is 8. The van der Waals surface area contributed by atoms with Crippen LogP contribution in [0.25, 0.3) is 33.3 Å². The quantitative estimate of drug-likeness (QED) is 0.267. The summed E-state index contributed by atoms with van der Waals surface area (Å²) in [5.41, 5.74) is 5.57. The molecule has 3 atom stereocenters. The second-order valence-corrected chi connectivity index (χ2v) is 10.3. The summed E-state index contributed by atoms with van der Waals surface area (Å²) in [4.78, 5) is 7.69. The van der Waals surface area contributed by atoms with Gasteiger partial charge >= 0.3 is 0 Å². The molecule has 3 aromatic carbocycles. The lowest BCUT2D eigenvalue weighted by Gasteiger charge is -2.25. The first-order chi connectivity index (χ1) is 17.8. The molecule has 0 amide bonds. The zero-order valence-corrected chi connectivity index (χ0v) is 21.6. The first-order valence-electron chi connectivity index (χ1n) is 12.4. The molecule has 1 aliphatic heterocycles. The molecule has 0 unspecified atom stereocenters. The van der Waals surface area contributed by atoms with Crippen LogP contribution in [-0.2, 0) is 10.2 Å². The number of benzene rings is 3. The highest BCUT2D eigenvalue weighted by Crippen LogP contribution is 2.34. The van der Waals surface area contributed by atoms with E-state index >= 15 is 0 Å². The Morgan fingerprint density at radius 2 is 1.65 bits per heavy atom. The van der Waals surface area contributed by atoms with Crippen LogP contribution in [0, 0.1) is 0 Å². The summed E-state index contributed by atoms with van der Waals surface area (Å²) in [6.45, 7) is 3.88. The Labute approximate surface area is 220 Å². The van der Waals surface area contributed by atoms with E-state index < -0.39 is 17.6 Å². The molecule has 7 nitrogen and oxygen atoms in total. The lowest BCUT2D eigenvalue weighted by Crippen LogP contribution is -2.34. The number of hydrogen-bond donors (Lipinski definition) is 4. The van der Waals surface area contributed by atoms with Gasteiger partial charge in [-0.15, -0.1) is 0 Å². The Morgan fingerprint density at radius 1 is 1.03 bits per heavy atom. The molecule has 1 aromatic heterocycles. The van der Waals surface area contributed by atoms with Gasteiger partial charge in [-0.2, -0.15) is 4.98 Å². The summed E-state index contributed by atoms with van der Waals surface area (Å²) >= 11 is 6.63. The van der Waals surface area contributed by atoms with E-state index in [4.69, 9.17) is 21.1 Å². The number of fused-ring (bicyclic) bond motifs is 1. The van der Waals surface area contributed by atoms with Crippen LogP contribution in [-0.4, -0.2) is 63.4 Å². The van der Waals surface area contributed by atoms with E-state index in [1.807, 2.05) is 74.5 Å². The lowest BCUT2D eigenvalue weighted by molar-refractivity contribution is 0.0258. The summed E-state index contributed by atoms with van der Waals surface area (Å²) in [7, 11) is 0. The van der Waals surface area contributed by atoms with E-state index in [1.165, 1.54) is 0 Å². The highest BCUT2D eigenvalue weighted by molar-refractivity contribution is 6.34. The highest BCUT2D eigenvalue weighted by Gasteiger charge is 2.37. The molecule has 4 aromatic rings. The molecule has 0 radical (unpaired) electrons. The number of aromatic amines is 1. The Hall–Kier alpha value is -2.94. The van der Waals surface area contributed by atoms with Gasteiger partial charge in [0.05, 0.1) is 42.0 Å². The van der Waals surface area contributed by atoms with Crippen molar-refractivity contribution < 1.29 is 24.8 Å². The molecular weight excluding hydrogens is 492 g/mol. The van der Waals surface area contributed by atoms with Gasteiger partial charge in [0.1, 0.15) is 6.10 Å². The Balaban J connectivity index is 1.36. The molecule has 5 rings (SSSR count). The molecule has 37 heavy (non-hydrogen) atoms. The van der Waals surface area contributed by atoms with Gasteiger partial charge in [0, 0.05) is 11.0 Å². The van der Waals surface area contributed by atoms with Gasteiger partial charge in [-0.05, 0) is 40.8 Å². The number of hydrogen-bond acceptors (Lipinski definition) is 6. The largest absolute Gasteiger partial charge is 0.456 e.